The molecule has 0 aliphatic heterocycles. The van der Waals surface area contributed by atoms with Gasteiger partial charge in [-0.1, -0.05) is 91.0 Å². The van der Waals surface area contributed by atoms with Gasteiger partial charge in [-0.25, -0.2) is 9.97 Å². The van der Waals surface area contributed by atoms with Crippen LogP contribution in [0.5, 0.6) is 0 Å². The quantitative estimate of drug-likeness (QED) is 0.295. The zero-order chi connectivity index (χ0) is 20.6. The van der Waals surface area contributed by atoms with Crippen molar-refractivity contribution in [2.24, 2.45) is 0 Å². The summed E-state index contributed by atoms with van der Waals surface area (Å²) in [4.78, 5) is 9.17. The molecule has 0 radical (unpaired) electrons. The highest BCUT2D eigenvalue weighted by molar-refractivity contribution is 7.26. The van der Waals surface area contributed by atoms with Crippen molar-refractivity contribution in [2.75, 3.05) is 0 Å². The maximum atomic E-state index is 4.62. The lowest BCUT2D eigenvalue weighted by atomic mass is 10.0. The van der Waals surface area contributed by atoms with Gasteiger partial charge in [0.15, 0.2) is 0 Å². The smallest absolute Gasteiger partial charge is 0.116 e. The van der Waals surface area contributed by atoms with Crippen molar-refractivity contribution >= 4 is 31.5 Å². The first-order chi connectivity index (χ1) is 15.4. The maximum Gasteiger partial charge on any atom is 0.116 e. The van der Waals surface area contributed by atoms with E-state index in [2.05, 4.69) is 107 Å². The topological polar surface area (TPSA) is 25.8 Å². The van der Waals surface area contributed by atoms with Crippen molar-refractivity contribution in [3.05, 3.63) is 109 Å². The van der Waals surface area contributed by atoms with E-state index in [1.54, 1.807) is 6.33 Å². The van der Waals surface area contributed by atoms with Crippen LogP contribution in [-0.4, -0.2) is 9.97 Å². The van der Waals surface area contributed by atoms with Crippen LogP contribution in [0.3, 0.4) is 0 Å². The summed E-state index contributed by atoms with van der Waals surface area (Å²) in [5, 5.41) is 2.58. The second-order valence-electron chi connectivity index (χ2n) is 7.51. The van der Waals surface area contributed by atoms with Crippen LogP contribution < -0.4 is 0 Å². The molecule has 2 aromatic heterocycles. The largest absolute Gasteiger partial charge is 0.236 e. The van der Waals surface area contributed by atoms with Crippen LogP contribution in [0.15, 0.2) is 109 Å². The normalized spacial score (nSPS) is 11.2. The number of nitrogens with zero attached hydrogens (tertiary/aromatic N) is 2. The van der Waals surface area contributed by atoms with Crippen LogP contribution in [0.1, 0.15) is 0 Å². The Morgan fingerprint density at radius 2 is 1.19 bits per heavy atom. The first-order valence-electron chi connectivity index (χ1n) is 10.3. The Labute approximate surface area is 184 Å². The van der Waals surface area contributed by atoms with Gasteiger partial charge in [0, 0.05) is 31.3 Å². The lowest BCUT2D eigenvalue weighted by Gasteiger charge is -2.07. The van der Waals surface area contributed by atoms with Crippen LogP contribution in [-0.2, 0) is 0 Å². The van der Waals surface area contributed by atoms with E-state index < -0.39 is 0 Å². The number of rotatable bonds is 3. The summed E-state index contributed by atoms with van der Waals surface area (Å²) >= 11 is 1.82. The van der Waals surface area contributed by atoms with Crippen LogP contribution >= 0.6 is 11.3 Å². The summed E-state index contributed by atoms with van der Waals surface area (Å²) in [5.74, 6) is 0. The zero-order valence-electron chi connectivity index (χ0n) is 16.7. The van der Waals surface area contributed by atoms with Gasteiger partial charge in [0.25, 0.3) is 0 Å². The van der Waals surface area contributed by atoms with Crippen LogP contribution in [0.25, 0.3) is 53.8 Å². The van der Waals surface area contributed by atoms with E-state index in [-0.39, 0.29) is 0 Å². The molecule has 3 heteroatoms. The molecule has 0 fully saturated rings. The van der Waals surface area contributed by atoms with Gasteiger partial charge in [-0.2, -0.15) is 0 Å². The van der Waals surface area contributed by atoms with Gasteiger partial charge in [0.05, 0.1) is 11.4 Å². The third-order valence-electron chi connectivity index (χ3n) is 5.64. The minimum absolute atomic E-state index is 0.933. The standard InChI is InChI=1S/C28H18N2S/c1-2-7-19(8-3-1)20-13-15-21(16-14-20)25-17-26(30-18-29-25)24-11-6-10-23-22-9-4-5-12-27(22)31-28(23)24/h1-18H. The molecule has 0 unspecified atom stereocenters. The molecule has 0 atom stereocenters. The molecule has 2 nitrogen and oxygen atoms in total. The summed E-state index contributed by atoms with van der Waals surface area (Å²) in [7, 11) is 0. The fraction of sp³-hybridized carbons (Fsp3) is 0. The second-order valence-corrected chi connectivity index (χ2v) is 8.56. The molecule has 0 aliphatic carbocycles. The van der Waals surface area contributed by atoms with Gasteiger partial charge in [-0.15, -0.1) is 11.3 Å². The van der Waals surface area contributed by atoms with E-state index in [1.165, 1.54) is 31.3 Å². The second kappa shape index (κ2) is 7.46. The zero-order valence-corrected chi connectivity index (χ0v) is 17.5. The third-order valence-corrected chi connectivity index (χ3v) is 6.85. The SMILES string of the molecule is c1ccc(-c2ccc(-c3cc(-c4cccc5c4sc4ccccc45)ncn3)cc2)cc1. The van der Waals surface area contributed by atoms with E-state index in [4.69, 9.17) is 0 Å². The summed E-state index contributed by atoms with van der Waals surface area (Å²) in [6.07, 6.45) is 1.67. The average Bonchev–Trinajstić information content (AvgIpc) is 3.24. The first-order valence-corrected chi connectivity index (χ1v) is 11.1. The summed E-state index contributed by atoms with van der Waals surface area (Å²) < 4.78 is 2.57. The molecule has 0 spiro atoms. The van der Waals surface area contributed by atoms with Crippen molar-refractivity contribution in [2.45, 2.75) is 0 Å². The Balaban J connectivity index is 1.43. The number of hydrogen-bond donors (Lipinski definition) is 0. The highest BCUT2D eigenvalue weighted by Crippen LogP contribution is 2.39. The monoisotopic (exact) mass is 414 g/mol. The number of thiophene rings is 1. The predicted octanol–water partition coefficient (Wildman–Crippen LogP) is 7.85. The molecule has 6 aromatic rings. The molecule has 4 aromatic carbocycles. The fourth-order valence-electron chi connectivity index (χ4n) is 4.08. The van der Waals surface area contributed by atoms with Gasteiger partial charge in [0.1, 0.15) is 6.33 Å². The highest BCUT2D eigenvalue weighted by atomic mass is 32.1. The lowest BCUT2D eigenvalue weighted by Crippen LogP contribution is -1.90. The van der Waals surface area contributed by atoms with E-state index in [9.17, 15) is 0 Å². The molecule has 146 valence electrons. The summed E-state index contributed by atoms with van der Waals surface area (Å²) in [5.41, 5.74) is 6.55. The molecule has 0 saturated heterocycles. The Hall–Kier alpha value is -3.82. The minimum Gasteiger partial charge on any atom is -0.236 e. The predicted molar refractivity (Wildman–Crippen MR) is 131 cm³/mol. The van der Waals surface area contributed by atoms with Crippen molar-refractivity contribution in [3.8, 4) is 33.6 Å². The van der Waals surface area contributed by atoms with Gasteiger partial charge >= 0.3 is 0 Å². The third kappa shape index (κ3) is 3.20. The van der Waals surface area contributed by atoms with Gasteiger partial charge in [-0.05, 0) is 23.3 Å². The highest BCUT2D eigenvalue weighted by Gasteiger charge is 2.12. The first kappa shape index (κ1) is 18.0. The van der Waals surface area contributed by atoms with E-state index >= 15 is 0 Å². The van der Waals surface area contributed by atoms with Crippen molar-refractivity contribution in [1.82, 2.24) is 9.97 Å². The molecule has 0 saturated carbocycles. The molecule has 0 bridgehead atoms. The maximum absolute atomic E-state index is 4.62. The van der Waals surface area contributed by atoms with Gasteiger partial charge in [-0.3, -0.25) is 0 Å². The van der Waals surface area contributed by atoms with E-state index in [0.717, 1.165) is 22.5 Å². The molecular formula is C28H18N2S. The minimum atomic E-state index is 0.933. The van der Waals surface area contributed by atoms with Gasteiger partial charge < -0.3 is 0 Å². The summed E-state index contributed by atoms with van der Waals surface area (Å²) in [6.45, 7) is 0. The van der Waals surface area contributed by atoms with E-state index in [1.807, 2.05) is 17.4 Å². The molecule has 2 heterocycles. The Kier molecular flexibility index (Phi) is 4.33. The lowest BCUT2D eigenvalue weighted by molar-refractivity contribution is 1.18. The Morgan fingerprint density at radius 1 is 0.516 bits per heavy atom. The number of benzene rings is 4. The van der Waals surface area contributed by atoms with Crippen LogP contribution in [0.2, 0.25) is 0 Å². The fourth-order valence-corrected chi connectivity index (χ4v) is 5.30. The van der Waals surface area contributed by atoms with Crippen molar-refractivity contribution in [1.29, 1.82) is 0 Å². The Bertz CT molecular complexity index is 1520. The van der Waals surface area contributed by atoms with E-state index in [0.29, 0.717) is 0 Å². The number of hydrogen-bond acceptors (Lipinski definition) is 3. The molecule has 6 rings (SSSR count). The molecule has 0 N–H and O–H groups in total. The average molecular weight is 415 g/mol. The molecule has 31 heavy (non-hydrogen) atoms. The molecule has 0 amide bonds. The van der Waals surface area contributed by atoms with Gasteiger partial charge in [0.2, 0.25) is 0 Å². The van der Waals surface area contributed by atoms with Crippen LogP contribution in [0, 0.1) is 0 Å². The molecule has 0 aliphatic rings. The van der Waals surface area contributed by atoms with Crippen LogP contribution in [0.4, 0.5) is 0 Å². The Morgan fingerprint density at radius 3 is 2.06 bits per heavy atom. The number of aromatic nitrogens is 2. The summed E-state index contributed by atoms with van der Waals surface area (Å²) in [6, 6.07) is 36.1. The number of fused-ring (bicyclic) bond motifs is 3. The van der Waals surface area contributed by atoms with Crippen molar-refractivity contribution < 1.29 is 0 Å². The molecular weight excluding hydrogens is 396 g/mol. The van der Waals surface area contributed by atoms with Crippen molar-refractivity contribution in [3.63, 3.8) is 0 Å².